The molecule has 72 valence electrons. The number of nitrogens with zero attached hydrogens (tertiary/aromatic N) is 1. The van der Waals surface area contributed by atoms with Gasteiger partial charge in [-0.2, -0.15) is 0 Å². The Labute approximate surface area is 76.5 Å². The summed E-state index contributed by atoms with van der Waals surface area (Å²) in [6.07, 6.45) is 6.79. The van der Waals surface area contributed by atoms with Crippen LogP contribution in [0, 0.1) is 0 Å². The van der Waals surface area contributed by atoms with Crippen LogP contribution in [0.1, 0.15) is 39.5 Å². The summed E-state index contributed by atoms with van der Waals surface area (Å²) >= 11 is 0. The molecule has 0 aromatic rings. The van der Waals surface area contributed by atoms with Gasteiger partial charge in [-0.3, -0.25) is 4.99 Å². The van der Waals surface area contributed by atoms with Gasteiger partial charge in [0.1, 0.15) is 0 Å². The molecule has 0 radical (unpaired) electrons. The highest BCUT2D eigenvalue weighted by atomic mass is 14.8. The Kier molecular flexibility index (Phi) is 10.3. The summed E-state index contributed by atoms with van der Waals surface area (Å²) in [6, 6.07) is 0. The van der Waals surface area contributed by atoms with Crippen LogP contribution in [-0.4, -0.2) is 25.8 Å². The number of hydrogen-bond donors (Lipinski definition) is 1. The van der Waals surface area contributed by atoms with Crippen LogP contribution in [0.5, 0.6) is 0 Å². The first-order valence-corrected chi connectivity index (χ1v) is 5.10. The minimum absolute atomic E-state index is 1.00. The van der Waals surface area contributed by atoms with Crippen LogP contribution in [0.4, 0.5) is 0 Å². The van der Waals surface area contributed by atoms with Crippen molar-refractivity contribution in [1.29, 1.82) is 0 Å². The van der Waals surface area contributed by atoms with Crippen molar-refractivity contribution in [1.82, 2.24) is 5.32 Å². The van der Waals surface area contributed by atoms with Gasteiger partial charge in [0.15, 0.2) is 0 Å². The lowest BCUT2D eigenvalue weighted by molar-refractivity contribution is 0.687. The maximum absolute atomic E-state index is 4.29. The van der Waals surface area contributed by atoms with E-state index in [0.717, 1.165) is 26.1 Å². The highest BCUT2D eigenvalue weighted by Crippen LogP contribution is 1.85. The van der Waals surface area contributed by atoms with E-state index >= 15 is 0 Å². The van der Waals surface area contributed by atoms with Crippen LogP contribution in [0.3, 0.4) is 0 Å². The average molecular weight is 170 g/mol. The Morgan fingerprint density at radius 3 is 2.67 bits per heavy atom. The largest absolute Gasteiger partial charge is 0.316 e. The lowest BCUT2D eigenvalue weighted by atomic mass is 10.3. The molecule has 0 rings (SSSR count). The summed E-state index contributed by atoms with van der Waals surface area (Å²) in [5, 5.41) is 3.33. The maximum atomic E-state index is 4.29. The minimum atomic E-state index is 1.00. The Bertz CT molecular complexity index is 100. The van der Waals surface area contributed by atoms with Gasteiger partial charge in [-0.25, -0.2) is 0 Å². The summed E-state index contributed by atoms with van der Waals surface area (Å²) in [4.78, 5) is 4.29. The molecule has 12 heavy (non-hydrogen) atoms. The predicted octanol–water partition coefficient (Wildman–Crippen LogP) is 2.25. The number of hydrogen-bond acceptors (Lipinski definition) is 2. The molecule has 0 aliphatic rings. The van der Waals surface area contributed by atoms with E-state index in [9.17, 15) is 0 Å². The van der Waals surface area contributed by atoms with Crippen molar-refractivity contribution in [3.63, 3.8) is 0 Å². The van der Waals surface area contributed by atoms with Gasteiger partial charge in [0, 0.05) is 13.1 Å². The molecule has 0 unspecified atom stereocenters. The standard InChI is InChI=1S/C10H22N2/c1-3-5-8-12-10-6-9-11-7-4-2/h10-11H,3-9H2,1-2H3. The van der Waals surface area contributed by atoms with Crippen LogP contribution in [0.15, 0.2) is 4.99 Å². The summed E-state index contributed by atoms with van der Waals surface area (Å²) in [5.41, 5.74) is 0. The number of unbranched alkanes of at least 4 members (excludes halogenated alkanes) is 1. The van der Waals surface area contributed by atoms with E-state index in [4.69, 9.17) is 0 Å². The SMILES string of the molecule is CCCCN=CCCNCCC. The molecule has 0 saturated heterocycles. The van der Waals surface area contributed by atoms with E-state index in [0.29, 0.717) is 0 Å². The Morgan fingerprint density at radius 1 is 1.17 bits per heavy atom. The summed E-state index contributed by atoms with van der Waals surface area (Å²) in [6.45, 7) is 7.58. The van der Waals surface area contributed by atoms with Crippen LogP contribution in [-0.2, 0) is 0 Å². The van der Waals surface area contributed by atoms with Gasteiger partial charge in [-0.05, 0) is 32.0 Å². The molecular formula is C10H22N2. The van der Waals surface area contributed by atoms with E-state index in [2.05, 4.69) is 24.2 Å². The fourth-order valence-corrected chi connectivity index (χ4v) is 0.900. The average Bonchev–Trinajstić information content (AvgIpc) is 2.10. The molecule has 2 nitrogen and oxygen atoms in total. The van der Waals surface area contributed by atoms with Gasteiger partial charge in [0.2, 0.25) is 0 Å². The summed E-state index contributed by atoms with van der Waals surface area (Å²) in [7, 11) is 0. The van der Waals surface area contributed by atoms with Crippen molar-refractivity contribution >= 4 is 6.21 Å². The van der Waals surface area contributed by atoms with E-state index < -0.39 is 0 Å². The second-order valence-electron chi connectivity index (χ2n) is 2.98. The zero-order valence-corrected chi connectivity index (χ0v) is 8.47. The molecule has 0 aromatic carbocycles. The Balaban J connectivity index is 2.92. The monoisotopic (exact) mass is 170 g/mol. The third-order valence-corrected chi connectivity index (χ3v) is 1.65. The normalized spacial score (nSPS) is 11.2. The van der Waals surface area contributed by atoms with E-state index in [1.165, 1.54) is 19.3 Å². The van der Waals surface area contributed by atoms with Crippen molar-refractivity contribution in [3.8, 4) is 0 Å². The zero-order chi connectivity index (χ0) is 9.07. The molecule has 0 aliphatic carbocycles. The highest BCUT2D eigenvalue weighted by molar-refractivity contribution is 5.57. The molecular weight excluding hydrogens is 148 g/mol. The Hall–Kier alpha value is -0.370. The smallest absolute Gasteiger partial charge is 0.0385 e. The van der Waals surface area contributed by atoms with Crippen LogP contribution in [0.25, 0.3) is 0 Å². The number of aliphatic imine (C=N–C) groups is 1. The van der Waals surface area contributed by atoms with E-state index in [1.54, 1.807) is 0 Å². The van der Waals surface area contributed by atoms with Gasteiger partial charge in [0.05, 0.1) is 0 Å². The molecule has 2 heteroatoms. The van der Waals surface area contributed by atoms with Gasteiger partial charge >= 0.3 is 0 Å². The second-order valence-corrected chi connectivity index (χ2v) is 2.98. The van der Waals surface area contributed by atoms with Gasteiger partial charge in [0.25, 0.3) is 0 Å². The highest BCUT2D eigenvalue weighted by Gasteiger charge is 1.82. The molecule has 0 bridgehead atoms. The third kappa shape index (κ3) is 9.63. The zero-order valence-electron chi connectivity index (χ0n) is 8.47. The number of rotatable bonds is 8. The molecule has 0 saturated carbocycles. The first-order valence-electron chi connectivity index (χ1n) is 5.10. The van der Waals surface area contributed by atoms with E-state index in [1.807, 2.05) is 6.21 Å². The second kappa shape index (κ2) is 10.6. The van der Waals surface area contributed by atoms with Crippen molar-refractivity contribution in [2.75, 3.05) is 19.6 Å². The maximum Gasteiger partial charge on any atom is 0.0385 e. The molecule has 0 fully saturated rings. The van der Waals surface area contributed by atoms with Crippen LogP contribution < -0.4 is 5.32 Å². The van der Waals surface area contributed by atoms with Crippen molar-refractivity contribution in [2.45, 2.75) is 39.5 Å². The molecule has 0 aliphatic heterocycles. The summed E-state index contributed by atoms with van der Waals surface area (Å²) < 4.78 is 0. The van der Waals surface area contributed by atoms with E-state index in [-0.39, 0.29) is 0 Å². The van der Waals surface area contributed by atoms with Gasteiger partial charge < -0.3 is 5.32 Å². The fraction of sp³-hybridized carbons (Fsp3) is 0.900. The Morgan fingerprint density at radius 2 is 2.00 bits per heavy atom. The molecule has 0 spiro atoms. The first-order chi connectivity index (χ1) is 5.91. The topological polar surface area (TPSA) is 24.4 Å². The molecule has 0 amide bonds. The van der Waals surface area contributed by atoms with Crippen LogP contribution in [0.2, 0.25) is 0 Å². The van der Waals surface area contributed by atoms with Crippen molar-refractivity contribution in [3.05, 3.63) is 0 Å². The van der Waals surface area contributed by atoms with Crippen molar-refractivity contribution in [2.24, 2.45) is 4.99 Å². The fourth-order valence-electron chi connectivity index (χ4n) is 0.900. The van der Waals surface area contributed by atoms with Gasteiger partial charge in [-0.15, -0.1) is 0 Å². The molecule has 0 atom stereocenters. The quantitative estimate of drug-likeness (QED) is 0.438. The third-order valence-electron chi connectivity index (χ3n) is 1.65. The predicted molar refractivity (Wildman–Crippen MR) is 56.0 cm³/mol. The lowest BCUT2D eigenvalue weighted by Gasteiger charge is -1.97. The van der Waals surface area contributed by atoms with Crippen molar-refractivity contribution < 1.29 is 0 Å². The van der Waals surface area contributed by atoms with Gasteiger partial charge in [-0.1, -0.05) is 20.3 Å². The molecule has 0 heterocycles. The summed E-state index contributed by atoms with van der Waals surface area (Å²) in [5.74, 6) is 0. The molecule has 1 N–H and O–H groups in total. The minimum Gasteiger partial charge on any atom is -0.316 e. The lowest BCUT2D eigenvalue weighted by Crippen LogP contribution is -2.16. The molecule has 0 aromatic heterocycles. The van der Waals surface area contributed by atoms with Crippen LogP contribution >= 0.6 is 0 Å². The first kappa shape index (κ1) is 11.6. The number of nitrogens with one attached hydrogen (secondary N) is 1.